The van der Waals surface area contributed by atoms with Crippen LogP contribution in [0.3, 0.4) is 0 Å². The molecule has 6 heteroatoms. The molecule has 0 amide bonds. The van der Waals surface area contributed by atoms with Crippen LogP contribution in [0, 0.1) is 0 Å². The SMILES string of the molecule is CCC(F)c1cc(OCCCOc2ccc(C3CSCN3)cc2)ccc1Oc1ccccc1. The maximum absolute atomic E-state index is 14.6. The second-order valence-corrected chi connectivity index (χ2v) is 8.91. The lowest BCUT2D eigenvalue weighted by molar-refractivity contribution is 0.246. The van der Waals surface area contributed by atoms with Gasteiger partial charge in [-0.15, -0.1) is 11.8 Å². The monoisotopic (exact) mass is 467 g/mol. The summed E-state index contributed by atoms with van der Waals surface area (Å²) in [5.74, 6) is 4.81. The maximum Gasteiger partial charge on any atom is 0.133 e. The summed E-state index contributed by atoms with van der Waals surface area (Å²) in [7, 11) is 0. The maximum atomic E-state index is 14.6. The average molecular weight is 468 g/mol. The molecule has 0 radical (unpaired) electrons. The molecule has 1 heterocycles. The highest BCUT2D eigenvalue weighted by molar-refractivity contribution is 7.99. The Bertz CT molecular complexity index is 994. The highest BCUT2D eigenvalue weighted by atomic mass is 32.2. The van der Waals surface area contributed by atoms with Crippen molar-refractivity contribution in [1.82, 2.24) is 5.32 Å². The first-order chi connectivity index (χ1) is 16.2. The Hall–Kier alpha value is -2.70. The van der Waals surface area contributed by atoms with E-state index in [9.17, 15) is 4.39 Å². The Morgan fingerprint density at radius 1 is 0.939 bits per heavy atom. The number of ether oxygens (including phenoxy) is 3. The molecule has 2 atom stereocenters. The van der Waals surface area contributed by atoms with Crippen LogP contribution in [-0.4, -0.2) is 24.8 Å². The van der Waals surface area contributed by atoms with Gasteiger partial charge in [-0.25, -0.2) is 4.39 Å². The molecule has 0 aliphatic carbocycles. The van der Waals surface area contributed by atoms with Gasteiger partial charge in [0.2, 0.25) is 0 Å². The van der Waals surface area contributed by atoms with Crippen molar-refractivity contribution in [2.45, 2.75) is 32.0 Å². The molecule has 33 heavy (non-hydrogen) atoms. The molecule has 1 aliphatic heterocycles. The van der Waals surface area contributed by atoms with Crippen LogP contribution in [0.15, 0.2) is 72.8 Å². The van der Waals surface area contributed by atoms with E-state index in [2.05, 4.69) is 17.4 Å². The largest absolute Gasteiger partial charge is 0.493 e. The van der Waals surface area contributed by atoms with Crippen LogP contribution in [0.4, 0.5) is 4.39 Å². The van der Waals surface area contributed by atoms with E-state index in [0.29, 0.717) is 48.5 Å². The van der Waals surface area contributed by atoms with Crippen molar-refractivity contribution in [2.24, 2.45) is 0 Å². The Kier molecular flexibility index (Phi) is 8.50. The molecule has 4 rings (SSSR count). The Labute approximate surface area is 199 Å². The summed E-state index contributed by atoms with van der Waals surface area (Å²) in [6.07, 6.45) is -0.0132. The van der Waals surface area contributed by atoms with Crippen LogP contribution in [-0.2, 0) is 0 Å². The van der Waals surface area contributed by atoms with E-state index in [4.69, 9.17) is 14.2 Å². The molecule has 1 N–H and O–H groups in total. The summed E-state index contributed by atoms with van der Waals surface area (Å²) in [5, 5.41) is 3.47. The molecule has 1 aliphatic rings. The van der Waals surface area contributed by atoms with Gasteiger partial charge in [-0.05, 0) is 54.4 Å². The van der Waals surface area contributed by atoms with Crippen molar-refractivity contribution in [2.75, 3.05) is 24.8 Å². The number of benzene rings is 3. The van der Waals surface area contributed by atoms with Crippen LogP contribution < -0.4 is 19.5 Å². The van der Waals surface area contributed by atoms with Crippen molar-refractivity contribution in [1.29, 1.82) is 0 Å². The zero-order valence-corrected chi connectivity index (χ0v) is 19.7. The van der Waals surface area contributed by atoms with E-state index < -0.39 is 6.17 Å². The predicted octanol–water partition coefficient (Wildman–Crippen LogP) is 7.08. The minimum Gasteiger partial charge on any atom is -0.493 e. The number of halogens is 1. The van der Waals surface area contributed by atoms with Gasteiger partial charge >= 0.3 is 0 Å². The van der Waals surface area contributed by atoms with E-state index in [1.165, 1.54) is 5.56 Å². The zero-order chi connectivity index (χ0) is 22.9. The zero-order valence-electron chi connectivity index (χ0n) is 18.8. The topological polar surface area (TPSA) is 39.7 Å². The van der Waals surface area contributed by atoms with E-state index in [1.807, 2.05) is 67.2 Å². The molecule has 3 aromatic rings. The van der Waals surface area contributed by atoms with Gasteiger partial charge in [-0.3, -0.25) is 0 Å². The summed E-state index contributed by atoms with van der Waals surface area (Å²) in [4.78, 5) is 0. The molecule has 0 saturated carbocycles. The van der Waals surface area contributed by atoms with Crippen LogP contribution in [0.2, 0.25) is 0 Å². The lowest BCUT2D eigenvalue weighted by Gasteiger charge is -2.16. The molecule has 174 valence electrons. The fourth-order valence-electron chi connectivity index (χ4n) is 3.63. The minimum atomic E-state index is -1.11. The molecule has 0 spiro atoms. The molecule has 4 nitrogen and oxygen atoms in total. The number of thioether (sulfide) groups is 1. The Morgan fingerprint density at radius 2 is 1.67 bits per heavy atom. The lowest BCUT2D eigenvalue weighted by Crippen LogP contribution is -2.14. The van der Waals surface area contributed by atoms with Crippen molar-refractivity contribution in [3.63, 3.8) is 0 Å². The van der Waals surface area contributed by atoms with Crippen LogP contribution >= 0.6 is 11.8 Å². The molecule has 2 unspecified atom stereocenters. The third-order valence-electron chi connectivity index (χ3n) is 5.47. The van der Waals surface area contributed by atoms with Crippen molar-refractivity contribution >= 4 is 11.8 Å². The third-order valence-corrected chi connectivity index (χ3v) is 6.41. The first-order valence-electron chi connectivity index (χ1n) is 11.4. The van der Waals surface area contributed by atoms with Crippen molar-refractivity contribution in [3.05, 3.63) is 83.9 Å². The van der Waals surface area contributed by atoms with Gasteiger partial charge in [0.05, 0.1) is 13.2 Å². The van der Waals surface area contributed by atoms with Gasteiger partial charge in [0.25, 0.3) is 0 Å². The second-order valence-electron chi connectivity index (χ2n) is 7.88. The quantitative estimate of drug-likeness (QED) is 0.305. The van der Waals surface area contributed by atoms with Gasteiger partial charge in [0.15, 0.2) is 0 Å². The highest BCUT2D eigenvalue weighted by Gasteiger charge is 2.17. The van der Waals surface area contributed by atoms with Crippen molar-refractivity contribution < 1.29 is 18.6 Å². The van der Waals surface area contributed by atoms with Gasteiger partial charge < -0.3 is 19.5 Å². The Balaban J connectivity index is 1.26. The predicted molar refractivity (Wildman–Crippen MR) is 132 cm³/mol. The first-order valence-corrected chi connectivity index (χ1v) is 12.6. The van der Waals surface area contributed by atoms with Gasteiger partial charge in [0.1, 0.15) is 29.2 Å². The van der Waals surface area contributed by atoms with Gasteiger partial charge in [-0.2, -0.15) is 0 Å². The summed E-state index contributed by atoms with van der Waals surface area (Å²) >= 11 is 1.92. The molecule has 1 saturated heterocycles. The highest BCUT2D eigenvalue weighted by Crippen LogP contribution is 2.36. The number of nitrogens with one attached hydrogen (secondary N) is 1. The van der Waals surface area contributed by atoms with Gasteiger partial charge in [-0.1, -0.05) is 37.3 Å². The van der Waals surface area contributed by atoms with E-state index in [1.54, 1.807) is 12.1 Å². The Morgan fingerprint density at radius 3 is 2.36 bits per heavy atom. The van der Waals surface area contributed by atoms with E-state index in [-0.39, 0.29) is 0 Å². The van der Waals surface area contributed by atoms with Crippen LogP contribution in [0.1, 0.15) is 43.1 Å². The molecule has 3 aromatic carbocycles. The molecular formula is C27H30FNO3S. The standard InChI is InChI=1S/C27H30FNO3S/c1-2-25(28)24-17-23(13-14-27(24)32-22-7-4-3-5-8-22)31-16-6-15-30-21-11-9-20(10-12-21)26-18-33-19-29-26/h3-5,7-14,17,25-26,29H,2,6,15-16,18-19H2,1H3. The number of para-hydroxylation sites is 1. The summed E-state index contributed by atoms with van der Waals surface area (Å²) in [6.45, 7) is 2.86. The number of rotatable bonds is 11. The average Bonchev–Trinajstić information content (AvgIpc) is 3.40. The summed E-state index contributed by atoms with van der Waals surface area (Å²) < 4.78 is 32.2. The first kappa shape index (κ1) is 23.5. The van der Waals surface area contributed by atoms with Crippen LogP contribution in [0.25, 0.3) is 0 Å². The third kappa shape index (κ3) is 6.65. The molecule has 1 fully saturated rings. The van der Waals surface area contributed by atoms with E-state index >= 15 is 0 Å². The van der Waals surface area contributed by atoms with Crippen molar-refractivity contribution in [3.8, 4) is 23.0 Å². The number of alkyl halides is 1. The number of hydrogen-bond donors (Lipinski definition) is 1. The molecular weight excluding hydrogens is 437 g/mol. The van der Waals surface area contributed by atoms with Crippen LogP contribution in [0.5, 0.6) is 23.0 Å². The van der Waals surface area contributed by atoms with Gasteiger partial charge in [0, 0.05) is 29.7 Å². The summed E-state index contributed by atoms with van der Waals surface area (Å²) in [5.41, 5.74) is 1.80. The van der Waals surface area contributed by atoms with E-state index in [0.717, 1.165) is 23.8 Å². The lowest BCUT2D eigenvalue weighted by atomic mass is 10.1. The summed E-state index contributed by atoms with van der Waals surface area (Å²) in [6, 6.07) is 23.4. The number of hydrogen-bond acceptors (Lipinski definition) is 5. The fourth-order valence-corrected chi connectivity index (χ4v) is 4.62. The fraction of sp³-hybridized carbons (Fsp3) is 0.333. The molecule has 0 aromatic heterocycles. The second kappa shape index (κ2) is 12.0. The minimum absolute atomic E-state index is 0.372. The smallest absolute Gasteiger partial charge is 0.133 e. The normalized spacial score (nSPS) is 16.4. The molecule has 0 bridgehead atoms.